The molecule has 1 saturated heterocycles. The summed E-state index contributed by atoms with van der Waals surface area (Å²) < 4.78 is 0. The molecule has 1 heterocycles. The number of halogens is 3. The molecule has 1 amide bonds. The van der Waals surface area contributed by atoms with Gasteiger partial charge in [-0.15, -0.1) is 24.0 Å². The number of aryl methyl sites for hydroxylation is 1. The molecule has 0 unspecified atom stereocenters. The molecule has 0 aromatic heterocycles. The van der Waals surface area contributed by atoms with Crippen molar-refractivity contribution >= 4 is 59.0 Å². The summed E-state index contributed by atoms with van der Waals surface area (Å²) in [7, 11) is 1.76. The highest BCUT2D eigenvalue weighted by molar-refractivity contribution is 14.0. The predicted molar refractivity (Wildman–Crippen MR) is 139 cm³/mol. The molecule has 1 aliphatic heterocycles. The van der Waals surface area contributed by atoms with Crippen LogP contribution in [0.3, 0.4) is 0 Å². The molecule has 2 N–H and O–H groups in total. The number of aliphatic imine (C=N–C) groups is 1. The van der Waals surface area contributed by atoms with Gasteiger partial charge in [-0.2, -0.15) is 0 Å². The molecule has 0 spiro atoms. The third-order valence-corrected chi connectivity index (χ3v) is 5.84. The molecule has 5 nitrogen and oxygen atoms in total. The number of carbonyl (C=O) groups excluding carboxylic acids is 1. The second-order valence-electron chi connectivity index (χ2n) is 7.38. The fraction of sp³-hybridized carbons (Fsp3) is 0.391. The number of rotatable bonds is 8. The molecule has 3 rings (SSSR count). The number of amides is 1. The van der Waals surface area contributed by atoms with Crippen LogP contribution in [0.4, 0.5) is 0 Å². The van der Waals surface area contributed by atoms with Gasteiger partial charge in [0.1, 0.15) is 0 Å². The number of hydrogen-bond donors (Lipinski definition) is 2. The van der Waals surface area contributed by atoms with Crippen molar-refractivity contribution in [2.24, 2.45) is 4.99 Å². The van der Waals surface area contributed by atoms with Crippen molar-refractivity contribution in [3.05, 3.63) is 69.2 Å². The molecule has 2 aromatic carbocycles. The number of likely N-dealkylation sites (tertiary alicyclic amines) is 1. The SMILES string of the molecule is CN=C(NCCCc1ccc(Cl)cc1Cl)NCc1ccccc1CN1CCCC1=O.I. The smallest absolute Gasteiger partial charge is 0.222 e. The van der Waals surface area contributed by atoms with Gasteiger partial charge in [-0.05, 0) is 48.1 Å². The Morgan fingerprint density at radius 3 is 2.55 bits per heavy atom. The molecule has 0 atom stereocenters. The van der Waals surface area contributed by atoms with Crippen molar-refractivity contribution in [1.29, 1.82) is 0 Å². The highest BCUT2D eigenvalue weighted by atomic mass is 127. The normalized spacial score (nSPS) is 13.8. The summed E-state index contributed by atoms with van der Waals surface area (Å²) >= 11 is 12.2. The molecule has 1 aliphatic rings. The minimum Gasteiger partial charge on any atom is -0.356 e. The minimum absolute atomic E-state index is 0. The summed E-state index contributed by atoms with van der Waals surface area (Å²) in [4.78, 5) is 18.2. The number of benzene rings is 2. The van der Waals surface area contributed by atoms with Gasteiger partial charge in [0.25, 0.3) is 0 Å². The van der Waals surface area contributed by atoms with E-state index in [0.29, 0.717) is 29.6 Å². The van der Waals surface area contributed by atoms with E-state index in [1.807, 2.05) is 29.2 Å². The van der Waals surface area contributed by atoms with Crippen molar-refractivity contribution in [1.82, 2.24) is 15.5 Å². The van der Waals surface area contributed by atoms with Crippen molar-refractivity contribution in [3.8, 4) is 0 Å². The zero-order valence-corrected chi connectivity index (χ0v) is 21.5. The van der Waals surface area contributed by atoms with Crippen LogP contribution < -0.4 is 10.6 Å². The van der Waals surface area contributed by atoms with Crippen LogP contribution >= 0.6 is 47.2 Å². The summed E-state index contributed by atoms with van der Waals surface area (Å²) in [5.74, 6) is 1.00. The fourth-order valence-electron chi connectivity index (χ4n) is 3.57. The number of hydrogen-bond acceptors (Lipinski definition) is 2. The van der Waals surface area contributed by atoms with Crippen molar-refractivity contribution in [3.63, 3.8) is 0 Å². The third-order valence-electron chi connectivity index (χ3n) is 5.25. The number of nitrogens with zero attached hydrogens (tertiary/aromatic N) is 2. The average molecular weight is 575 g/mol. The fourth-order valence-corrected chi connectivity index (χ4v) is 4.07. The summed E-state index contributed by atoms with van der Waals surface area (Å²) in [5, 5.41) is 8.08. The third kappa shape index (κ3) is 7.84. The molecule has 0 aliphatic carbocycles. The molecular weight excluding hydrogens is 546 g/mol. The summed E-state index contributed by atoms with van der Waals surface area (Å²) in [6.07, 6.45) is 3.41. The second kappa shape index (κ2) is 13.1. The van der Waals surface area contributed by atoms with Crippen LogP contribution in [0, 0.1) is 0 Å². The summed E-state index contributed by atoms with van der Waals surface area (Å²) in [6.45, 7) is 2.95. The maximum Gasteiger partial charge on any atom is 0.222 e. The van der Waals surface area contributed by atoms with Crippen LogP contribution in [0.15, 0.2) is 47.5 Å². The Morgan fingerprint density at radius 1 is 1.10 bits per heavy atom. The van der Waals surface area contributed by atoms with Gasteiger partial charge in [-0.1, -0.05) is 53.5 Å². The lowest BCUT2D eigenvalue weighted by Crippen LogP contribution is -2.37. The Balaban J connectivity index is 0.00000341. The van der Waals surface area contributed by atoms with Crippen LogP contribution in [-0.2, 0) is 24.3 Å². The second-order valence-corrected chi connectivity index (χ2v) is 8.22. The van der Waals surface area contributed by atoms with E-state index in [2.05, 4.69) is 27.8 Å². The molecule has 0 radical (unpaired) electrons. The Hall–Kier alpha value is -1.51. The Labute approximate surface area is 211 Å². The molecular formula is C23H29Cl2IN4O. The number of guanidine groups is 1. The van der Waals surface area contributed by atoms with Crippen molar-refractivity contribution < 1.29 is 4.79 Å². The topological polar surface area (TPSA) is 56.7 Å². The molecule has 31 heavy (non-hydrogen) atoms. The zero-order chi connectivity index (χ0) is 21.3. The lowest BCUT2D eigenvalue weighted by molar-refractivity contribution is -0.128. The average Bonchev–Trinajstić information content (AvgIpc) is 3.14. The van der Waals surface area contributed by atoms with E-state index < -0.39 is 0 Å². The summed E-state index contributed by atoms with van der Waals surface area (Å²) in [6, 6.07) is 13.9. The lowest BCUT2D eigenvalue weighted by atomic mass is 10.1. The van der Waals surface area contributed by atoms with E-state index in [1.165, 1.54) is 11.1 Å². The molecule has 1 fully saturated rings. The standard InChI is InChI=1S/C23H28Cl2N4O.HI/c1-26-23(27-12-4-8-17-10-11-20(24)14-21(17)25)28-15-18-6-2-3-7-19(18)16-29-13-5-9-22(29)30;/h2-3,6-7,10-11,14H,4-5,8-9,12-13,15-16H2,1H3,(H2,26,27,28);1H. The van der Waals surface area contributed by atoms with Crippen molar-refractivity contribution in [2.45, 2.75) is 38.8 Å². The maximum atomic E-state index is 12.0. The largest absolute Gasteiger partial charge is 0.356 e. The number of carbonyl (C=O) groups is 1. The highest BCUT2D eigenvalue weighted by Crippen LogP contribution is 2.22. The van der Waals surface area contributed by atoms with Crippen molar-refractivity contribution in [2.75, 3.05) is 20.1 Å². The van der Waals surface area contributed by atoms with E-state index in [1.54, 1.807) is 13.1 Å². The Bertz CT molecular complexity index is 907. The van der Waals surface area contributed by atoms with Gasteiger partial charge in [0, 0.05) is 49.7 Å². The van der Waals surface area contributed by atoms with E-state index in [-0.39, 0.29) is 29.9 Å². The first-order valence-electron chi connectivity index (χ1n) is 10.3. The molecule has 0 saturated carbocycles. The maximum absolute atomic E-state index is 12.0. The monoisotopic (exact) mass is 574 g/mol. The predicted octanol–water partition coefficient (Wildman–Crippen LogP) is 5.03. The highest BCUT2D eigenvalue weighted by Gasteiger charge is 2.20. The van der Waals surface area contributed by atoms with Gasteiger partial charge in [-0.3, -0.25) is 9.79 Å². The van der Waals surface area contributed by atoms with Gasteiger partial charge >= 0.3 is 0 Å². The molecule has 168 valence electrons. The molecule has 0 bridgehead atoms. The van der Waals surface area contributed by atoms with Gasteiger partial charge in [0.2, 0.25) is 5.91 Å². The van der Waals surface area contributed by atoms with Crippen LogP contribution in [0.2, 0.25) is 10.0 Å². The van der Waals surface area contributed by atoms with Crippen LogP contribution in [0.5, 0.6) is 0 Å². The van der Waals surface area contributed by atoms with E-state index in [9.17, 15) is 4.79 Å². The Kier molecular flexibility index (Phi) is 10.9. The first kappa shape index (κ1) is 25.7. The van der Waals surface area contributed by atoms with Gasteiger partial charge in [0.05, 0.1) is 0 Å². The van der Waals surface area contributed by atoms with Gasteiger partial charge in [0.15, 0.2) is 5.96 Å². The van der Waals surface area contributed by atoms with Gasteiger partial charge < -0.3 is 15.5 Å². The van der Waals surface area contributed by atoms with Crippen LogP contribution in [0.1, 0.15) is 36.0 Å². The van der Waals surface area contributed by atoms with Crippen LogP contribution in [-0.4, -0.2) is 36.9 Å². The van der Waals surface area contributed by atoms with Gasteiger partial charge in [-0.25, -0.2) is 0 Å². The van der Waals surface area contributed by atoms with E-state index in [0.717, 1.165) is 43.9 Å². The minimum atomic E-state index is 0. The lowest BCUT2D eigenvalue weighted by Gasteiger charge is -2.19. The first-order valence-corrected chi connectivity index (χ1v) is 11.1. The molecule has 2 aromatic rings. The molecule has 8 heteroatoms. The number of nitrogens with one attached hydrogen (secondary N) is 2. The Morgan fingerprint density at radius 2 is 1.87 bits per heavy atom. The quantitative estimate of drug-likeness (QED) is 0.201. The first-order chi connectivity index (χ1) is 14.6. The summed E-state index contributed by atoms with van der Waals surface area (Å²) in [5.41, 5.74) is 3.44. The van der Waals surface area contributed by atoms with E-state index >= 15 is 0 Å². The zero-order valence-electron chi connectivity index (χ0n) is 17.7. The van der Waals surface area contributed by atoms with Crippen LogP contribution in [0.25, 0.3) is 0 Å². The van der Waals surface area contributed by atoms with E-state index in [4.69, 9.17) is 23.2 Å².